The summed E-state index contributed by atoms with van der Waals surface area (Å²) >= 11 is 0. The maximum absolute atomic E-state index is 14.4. The molecule has 3 aliphatic heterocycles. The van der Waals surface area contributed by atoms with Gasteiger partial charge < -0.3 is 44.7 Å². The Hall–Kier alpha value is -5.44. The monoisotopic (exact) mass is 799 g/mol. The van der Waals surface area contributed by atoms with E-state index in [4.69, 9.17) is 23.9 Å². The van der Waals surface area contributed by atoms with E-state index in [-0.39, 0.29) is 56.6 Å². The number of imidazole rings is 1. The Bertz CT molecular complexity index is 2400. The predicted molar refractivity (Wildman–Crippen MR) is 218 cm³/mol. The number of carbonyl (C=O) groups excluding carboxylic acids is 3. The maximum Gasteiger partial charge on any atom is 0.302 e. The van der Waals surface area contributed by atoms with Gasteiger partial charge in [0, 0.05) is 67.3 Å². The first-order valence-electron chi connectivity index (χ1n) is 19.4. The molecule has 14 nitrogen and oxygen atoms in total. The molecule has 3 aliphatic rings. The number of allylic oxidation sites excluding steroid dienone is 2. The van der Waals surface area contributed by atoms with Crippen LogP contribution < -0.4 is 10.1 Å². The molecule has 0 radical (unpaired) electrons. The number of esters is 1. The molecule has 0 saturated carbocycles. The number of methoxy groups -OCH3 is 1. The summed E-state index contributed by atoms with van der Waals surface area (Å²) in [6, 6.07) is 3.66. The molecule has 0 unspecified atom stereocenters. The van der Waals surface area contributed by atoms with Gasteiger partial charge in [0.2, 0.25) is 0 Å². The Morgan fingerprint density at radius 2 is 1.71 bits per heavy atom. The van der Waals surface area contributed by atoms with Crippen molar-refractivity contribution >= 4 is 50.8 Å². The third-order valence-electron chi connectivity index (χ3n) is 11.7. The normalized spacial score (nSPS) is 30.7. The van der Waals surface area contributed by atoms with Crippen molar-refractivity contribution in [2.24, 2.45) is 23.7 Å². The van der Waals surface area contributed by atoms with Crippen molar-refractivity contribution in [2.75, 3.05) is 12.4 Å². The van der Waals surface area contributed by atoms with Gasteiger partial charge in [0.15, 0.2) is 11.5 Å². The number of ketones is 1. The summed E-state index contributed by atoms with van der Waals surface area (Å²) in [5, 5.41) is 49.6. The summed E-state index contributed by atoms with van der Waals surface area (Å²) in [7, 11) is 1.48. The Balaban J connectivity index is 1.57. The van der Waals surface area contributed by atoms with Crippen LogP contribution in [-0.4, -0.2) is 84.8 Å². The fourth-order valence-corrected chi connectivity index (χ4v) is 8.25. The maximum atomic E-state index is 14.4. The Labute approximate surface area is 336 Å². The lowest BCUT2D eigenvalue weighted by Gasteiger charge is -2.38. The number of carbonyl (C=O) groups is 3. The number of fused-ring (bicyclic) bond motifs is 15. The third-order valence-corrected chi connectivity index (χ3v) is 11.7. The van der Waals surface area contributed by atoms with Gasteiger partial charge in [-0.25, -0.2) is 4.98 Å². The number of nitrogens with one attached hydrogen (secondary N) is 1. The lowest BCUT2D eigenvalue weighted by molar-refractivity contribution is -0.160. The minimum absolute atomic E-state index is 0.0297. The van der Waals surface area contributed by atoms with Crippen LogP contribution in [0.5, 0.6) is 17.2 Å². The van der Waals surface area contributed by atoms with Crippen molar-refractivity contribution in [3.05, 3.63) is 71.2 Å². The van der Waals surface area contributed by atoms with Crippen LogP contribution in [0.15, 0.2) is 54.5 Å². The first kappa shape index (κ1) is 42.2. The number of aromatic nitrogens is 2. The van der Waals surface area contributed by atoms with E-state index >= 15 is 0 Å². The van der Waals surface area contributed by atoms with Crippen LogP contribution in [0.3, 0.4) is 0 Å². The average Bonchev–Trinajstić information content (AvgIpc) is 3.54. The topological polar surface area (TPSA) is 198 Å². The van der Waals surface area contributed by atoms with Crippen LogP contribution in [-0.2, 0) is 23.8 Å². The molecule has 5 heterocycles. The van der Waals surface area contributed by atoms with Gasteiger partial charge in [-0.15, -0.1) is 0 Å². The zero-order chi connectivity index (χ0) is 42.5. The molecule has 0 saturated heterocycles. The number of anilines is 1. The first-order valence-corrected chi connectivity index (χ1v) is 19.4. The van der Waals surface area contributed by atoms with Crippen LogP contribution in [0.2, 0.25) is 0 Å². The second kappa shape index (κ2) is 16.1. The molecule has 2 aromatic heterocycles. The molecule has 1 amide bonds. The Kier molecular flexibility index (Phi) is 11.7. The second-order valence-corrected chi connectivity index (χ2v) is 16.1. The van der Waals surface area contributed by atoms with E-state index in [9.17, 15) is 34.8 Å². The molecule has 5 bridgehead atoms. The van der Waals surface area contributed by atoms with Crippen LogP contribution in [0.1, 0.15) is 76.4 Å². The third kappa shape index (κ3) is 7.51. The summed E-state index contributed by atoms with van der Waals surface area (Å²) in [4.78, 5) is 45.4. The van der Waals surface area contributed by atoms with Crippen molar-refractivity contribution in [1.82, 2.24) is 9.38 Å². The van der Waals surface area contributed by atoms with Gasteiger partial charge in [-0.2, -0.15) is 0 Å². The number of aryl methyl sites for hydroxylation is 1. The van der Waals surface area contributed by atoms with Crippen molar-refractivity contribution in [3.63, 3.8) is 0 Å². The lowest BCUT2D eigenvalue weighted by Crippen LogP contribution is -2.46. The number of hydrogen-bond donors (Lipinski definition) is 5. The van der Waals surface area contributed by atoms with Crippen molar-refractivity contribution in [2.45, 2.75) is 98.9 Å². The number of aliphatic hydroxyl groups is 2. The van der Waals surface area contributed by atoms with Gasteiger partial charge in [-0.1, -0.05) is 45.9 Å². The van der Waals surface area contributed by atoms with E-state index in [1.54, 1.807) is 83.4 Å². The van der Waals surface area contributed by atoms with Gasteiger partial charge in [0.1, 0.15) is 40.0 Å². The van der Waals surface area contributed by atoms with Crippen LogP contribution in [0.4, 0.5) is 5.69 Å². The van der Waals surface area contributed by atoms with E-state index in [0.717, 1.165) is 5.56 Å². The zero-order valence-electron chi connectivity index (χ0n) is 34.5. The number of nitrogens with zero attached hydrogens (tertiary/aromatic N) is 2. The molecule has 310 valence electrons. The summed E-state index contributed by atoms with van der Waals surface area (Å²) in [5.74, 6) is -6.25. The average molecular weight is 800 g/mol. The molecule has 58 heavy (non-hydrogen) atoms. The van der Waals surface area contributed by atoms with E-state index in [2.05, 4.69) is 5.32 Å². The summed E-state index contributed by atoms with van der Waals surface area (Å²) in [6.45, 7) is 14.9. The van der Waals surface area contributed by atoms with Crippen LogP contribution in [0.25, 0.3) is 27.5 Å². The van der Waals surface area contributed by atoms with Gasteiger partial charge in [0.05, 0.1) is 41.9 Å². The van der Waals surface area contributed by atoms with E-state index < -0.39 is 77.3 Å². The van der Waals surface area contributed by atoms with E-state index in [1.165, 1.54) is 20.3 Å². The highest BCUT2D eigenvalue weighted by Gasteiger charge is 2.43. The first-order chi connectivity index (χ1) is 27.3. The zero-order valence-corrected chi connectivity index (χ0v) is 34.5. The van der Waals surface area contributed by atoms with E-state index in [1.807, 2.05) is 19.1 Å². The Morgan fingerprint density at radius 1 is 1.00 bits per heavy atom. The highest BCUT2D eigenvalue weighted by Crippen LogP contribution is 2.53. The quantitative estimate of drug-likeness (QED) is 0.108. The van der Waals surface area contributed by atoms with Crippen molar-refractivity contribution in [3.8, 4) is 17.2 Å². The van der Waals surface area contributed by atoms with E-state index in [0.29, 0.717) is 11.2 Å². The molecule has 0 fully saturated rings. The van der Waals surface area contributed by atoms with Crippen LogP contribution >= 0.6 is 0 Å². The Morgan fingerprint density at radius 3 is 2.38 bits per heavy atom. The lowest BCUT2D eigenvalue weighted by atomic mass is 9.78. The fourth-order valence-electron chi connectivity index (χ4n) is 8.25. The summed E-state index contributed by atoms with van der Waals surface area (Å²) in [5.41, 5.74) is 2.35. The van der Waals surface area contributed by atoms with Crippen molar-refractivity contribution < 1.29 is 53.8 Å². The van der Waals surface area contributed by atoms with Gasteiger partial charge in [-0.3, -0.25) is 18.8 Å². The van der Waals surface area contributed by atoms with Gasteiger partial charge in [0.25, 0.3) is 11.7 Å². The molecule has 0 spiro atoms. The number of pyridine rings is 1. The number of phenols is 2. The standard InChI is InChI=1S/C44H53N3O11/c1-20-14-16-47-30(18-20)45-34-32-31-28(49)19-44(9)56-17-15-29(55-10)23(4)41(57-27(8)48)25(6)38(51)24(5)37(50)21(2)12-11-13-22(3)43(54)46-35(36(34)47)40(53)33(32)39(52)26(7)42(31)58-44/h11-18,21,23-25,29,37-38,41,50-53H,19H2,1-10H3,(H,46,54)/b12-11+,17-15+,22-13-/t21-,23+,24+,25+,29-,37-,38+,41+,44-/m0/s1. The van der Waals surface area contributed by atoms with Gasteiger partial charge in [-0.05, 0) is 44.5 Å². The number of aromatic hydroxyl groups is 2. The number of Topliss-reactive ketones (excluding diaryl/α,β-unsaturated/α-hetero) is 1. The SMILES string of the molecule is CO[C@H]1/C=C/O[C@]2(C)CC(=O)c3c(c(C)c(O)c4c(O)c(c5c(nc6cc(C)ccn65)c34)NC(=O)/C(C)=C\C=C\[C@H](C)[C@H](O)[C@@H](C)[C@@H](O)[C@@H](C)[C@H](OC(C)=O)[C@@H]1C)O2. The highest BCUT2D eigenvalue weighted by molar-refractivity contribution is 6.27. The number of aliphatic hydroxyl groups excluding tert-OH is 2. The highest BCUT2D eigenvalue weighted by atomic mass is 16.7. The summed E-state index contributed by atoms with van der Waals surface area (Å²) < 4.78 is 25.8. The molecule has 14 heteroatoms. The molecule has 4 aromatic rings. The predicted octanol–water partition coefficient (Wildman–Crippen LogP) is 6.55. The smallest absolute Gasteiger partial charge is 0.302 e. The molecular weight excluding hydrogens is 746 g/mol. The van der Waals surface area contributed by atoms with Gasteiger partial charge >= 0.3 is 5.97 Å². The second-order valence-electron chi connectivity index (χ2n) is 16.1. The number of ether oxygens (including phenoxy) is 4. The van der Waals surface area contributed by atoms with Crippen molar-refractivity contribution in [1.29, 1.82) is 0 Å². The number of amides is 1. The van der Waals surface area contributed by atoms with Crippen LogP contribution in [0, 0.1) is 37.5 Å². The largest absolute Gasteiger partial charge is 0.507 e. The number of benzene rings is 2. The molecule has 7 rings (SSSR count). The molecule has 0 aliphatic carbocycles. The molecule has 9 atom stereocenters. The fraction of sp³-hybridized carbons (Fsp3) is 0.455. The summed E-state index contributed by atoms with van der Waals surface area (Å²) in [6.07, 6.45) is 5.59. The minimum atomic E-state index is -1.57. The number of phenolic OH excluding ortho intramolecular Hbond substituents is 2. The molecular formula is C44H53N3O11. The molecule has 2 aromatic carbocycles. The number of rotatable bonds is 2. The molecule has 5 N–H and O–H groups in total. The minimum Gasteiger partial charge on any atom is -0.507 e. The number of hydrogen-bond acceptors (Lipinski definition) is 12.